The molecule has 0 aliphatic rings. The summed E-state index contributed by atoms with van der Waals surface area (Å²) in [6, 6.07) is 8.49. The van der Waals surface area contributed by atoms with Crippen LogP contribution >= 0.6 is 0 Å². The molecule has 2 aromatic rings. The number of aryl methyl sites for hydroxylation is 1. The van der Waals surface area contributed by atoms with E-state index < -0.39 is 0 Å². The van der Waals surface area contributed by atoms with Gasteiger partial charge in [-0.3, -0.25) is 0 Å². The lowest BCUT2D eigenvalue weighted by Gasteiger charge is -2.05. The number of fused-ring (bicyclic) bond motifs is 1. The molecule has 1 heterocycles. The molecule has 1 aromatic heterocycles. The highest BCUT2D eigenvalue weighted by molar-refractivity contribution is 5.83. The van der Waals surface area contributed by atoms with Crippen molar-refractivity contribution in [1.29, 1.82) is 0 Å². The van der Waals surface area contributed by atoms with Crippen molar-refractivity contribution < 1.29 is 5.11 Å². The Labute approximate surface area is 114 Å². The van der Waals surface area contributed by atoms with Crippen LogP contribution in [0, 0.1) is 0 Å². The van der Waals surface area contributed by atoms with Crippen LogP contribution in [0.5, 0.6) is 0 Å². The van der Waals surface area contributed by atoms with Crippen molar-refractivity contribution in [3.05, 3.63) is 36.0 Å². The second-order valence-corrected chi connectivity index (χ2v) is 4.79. The van der Waals surface area contributed by atoms with Crippen LogP contribution < -0.4 is 10.6 Å². The van der Waals surface area contributed by atoms with E-state index in [1.807, 2.05) is 0 Å². The maximum absolute atomic E-state index is 8.64. The van der Waals surface area contributed by atoms with Gasteiger partial charge in [0, 0.05) is 37.2 Å². The molecular formula is C15H23N3O. The molecule has 0 radical (unpaired) electrons. The molecule has 0 fully saturated rings. The molecule has 0 saturated carbocycles. The summed E-state index contributed by atoms with van der Waals surface area (Å²) in [6.45, 7) is 3.73. The van der Waals surface area contributed by atoms with E-state index in [4.69, 9.17) is 5.11 Å². The van der Waals surface area contributed by atoms with Gasteiger partial charge in [0.15, 0.2) is 0 Å². The first-order chi connectivity index (χ1) is 9.33. The molecule has 0 aliphatic heterocycles. The van der Waals surface area contributed by atoms with Crippen LogP contribution in [0.3, 0.4) is 0 Å². The summed E-state index contributed by atoms with van der Waals surface area (Å²) in [5.74, 6) is 0. The number of nitrogens with zero attached hydrogens (tertiary/aromatic N) is 1. The van der Waals surface area contributed by atoms with Gasteiger partial charge in [0.05, 0.1) is 6.61 Å². The first-order valence-electron chi connectivity index (χ1n) is 6.88. The van der Waals surface area contributed by atoms with E-state index in [2.05, 4.69) is 52.7 Å². The Kier molecular flexibility index (Phi) is 5.39. The number of rotatable bonds is 8. The van der Waals surface area contributed by atoms with Crippen molar-refractivity contribution >= 4 is 10.9 Å². The van der Waals surface area contributed by atoms with E-state index in [0.29, 0.717) is 6.54 Å². The molecule has 4 nitrogen and oxygen atoms in total. The van der Waals surface area contributed by atoms with Gasteiger partial charge in [0.25, 0.3) is 0 Å². The first-order valence-corrected chi connectivity index (χ1v) is 6.88. The van der Waals surface area contributed by atoms with Crippen LogP contribution in [0.25, 0.3) is 10.9 Å². The van der Waals surface area contributed by atoms with E-state index in [1.54, 1.807) is 0 Å². The quantitative estimate of drug-likeness (QED) is 0.627. The van der Waals surface area contributed by atoms with Crippen molar-refractivity contribution in [2.45, 2.75) is 13.0 Å². The summed E-state index contributed by atoms with van der Waals surface area (Å²) in [5.41, 5.74) is 2.63. The monoisotopic (exact) mass is 261 g/mol. The Bertz CT molecular complexity index is 507. The van der Waals surface area contributed by atoms with Gasteiger partial charge < -0.3 is 20.3 Å². The molecule has 4 heteroatoms. The van der Waals surface area contributed by atoms with Gasteiger partial charge in [-0.25, -0.2) is 0 Å². The predicted molar refractivity (Wildman–Crippen MR) is 79.2 cm³/mol. The maximum Gasteiger partial charge on any atom is 0.0555 e. The number of nitrogens with one attached hydrogen (secondary N) is 2. The molecule has 2 rings (SSSR count). The largest absolute Gasteiger partial charge is 0.395 e. The van der Waals surface area contributed by atoms with Crippen molar-refractivity contribution in [1.82, 2.24) is 15.2 Å². The Morgan fingerprint density at radius 3 is 2.74 bits per heavy atom. The fourth-order valence-corrected chi connectivity index (χ4v) is 2.33. The molecule has 3 N–H and O–H groups in total. The Balaban J connectivity index is 1.79. The minimum atomic E-state index is 0.212. The molecule has 1 aromatic carbocycles. The van der Waals surface area contributed by atoms with Crippen LogP contribution in [0.15, 0.2) is 30.5 Å². The fourth-order valence-electron chi connectivity index (χ4n) is 2.33. The molecule has 104 valence electrons. The zero-order valence-corrected chi connectivity index (χ0v) is 11.5. The van der Waals surface area contributed by atoms with E-state index in [0.717, 1.165) is 26.1 Å². The lowest BCUT2D eigenvalue weighted by molar-refractivity contribution is 0.292. The molecule has 0 atom stereocenters. The first kappa shape index (κ1) is 14.1. The molecule has 19 heavy (non-hydrogen) atoms. The molecule has 0 aliphatic carbocycles. The van der Waals surface area contributed by atoms with Gasteiger partial charge in [-0.2, -0.15) is 0 Å². The zero-order chi connectivity index (χ0) is 13.5. The zero-order valence-electron chi connectivity index (χ0n) is 11.5. The normalized spacial score (nSPS) is 11.3. The van der Waals surface area contributed by atoms with Crippen molar-refractivity contribution in [3.63, 3.8) is 0 Å². The summed E-state index contributed by atoms with van der Waals surface area (Å²) in [7, 11) is 2.09. The molecular weight excluding hydrogens is 238 g/mol. The minimum absolute atomic E-state index is 0.212. The number of para-hydroxylation sites is 1. The third-order valence-electron chi connectivity index (χ3n) is 3.29. The fraction of sp³-hybridized carbons (Fsp3) is 0.467. The lowest BCUT2D eigenvalue weighted by Crippen LogP contribution is -2.23. The Morgan fingerprint density at radius 1 is 1.11 bits per heavy atom. The third kappa shape index (κ3) is 3.80. The highest BCUT2D eigenvalue weighted by atomic mass is 16.3. The van der Waals surface area contributed by atoms with Crippen LogP contribution in [-0.4, -0.2) is 35.9 Å². The summed E-state index contributed by atoms with van der Waals surface area (Å²) >= 11 is 0. The van der Waals surface area contributed by atoms with E-state index in [-0.39, 0.29) is 6.61 Å². The predicted octanol–water partition coefficient (Wildman–Crippen LogP) is 1.24. The third-order valence-corrected chi connectivity index (χ3v) is 3.29. The molecule has 0 saturated heterocycles. The van der Waals surface area contributed by atoms with E-state index >= 15 is 0 Å². The van der Waals surface area contributed by atoms with Crippen LogP contribution in [0.4, 0.5) is 0 Å². The topological polar surface area (TPSA) is 49.2 Å². The average Bonchev–Trinajstić information content (AvgIpc) is 2.75. The molecule has 0 bridgehead atoms. The SMILES string of the molecule is Cn1cc(CNCCCNCCO)c2ccccc21. The molecule has 0 unspecified atom stereocenters. The maximum atomic E-state index is 8.64. The number of benzene rings is 1. The Hall–Kier alpha value is -1.36. The van der Waals surface area contributed by atoms with Crippen molar-refractivity contribution in [2.24, 2.45) is 7.05 Å². The number of hydrogen-bond donors (Lipinski definition) is 3. The second kappa shape index (κ2) is 7.28. The number of aromatic nitrogens is 1. The lowest BCUT2D eigenvalue weighted by atomic mass is 10.2. The highest BCUT2D eigenvalue weighted by Crippen LogP contribution is 2.19. The van der Waals surface area contributed by atoms with E-state index in [9.17, 15) is 0 Å². The van der Waals surface area contributed by atoms with Gasteiger partial charge in [0.2, 0.25) is 0 Å². The molecule has 0 spiro atoms. The van der Waals surface area contributed by atoms with Gasteiger partial charge in [-0.1, -0.05) is 18.2 Å². The smallest absolute Gasteiger partial charge is 0.0555 e. The standard InChI is InChI=1S/C15H23N3O/c1-18-12-13(14-5-2-3-6-15(14)18)11-17-8-4-7-16-9-10-19/h2-3,5-6,12,16-17,19H,4,7-11H2,1H3. The minimum Gasteiger partial charge on any atom is -0.395 e. The average molecular weight is 261 g/mol. The summed E-state index contributed by atoms with van der Waals surface area (Å²) < 4.78 is 2.18. The number of aliphatic hydroxyl groups excluding tert-OH is 1. The van der Waals surface area contributed by atoms with Crippen molar-refractivity contribution in [2.75, 3.05) is 26.2 Å². The van der Waals surface area contributed by atoms with Crippen molar-refractivity contribution in [3.8, 4) is 0 Å². The summed E-state index contributed by atoms with van der Waals surface area (Å²) in [5, 5.41) is 16.6. The van der Waals surface area contributed by atoms with Gasteiger partial charge in [0.1, 0.15) is 0 Å². The van der Waals surface area contributed by atoms with Gasteiger partial charge in [-0.05, 0) is 31.1 Å². The highest BCUT2D eigenvalue weighted by Gasteiger charge is 2.04. The van der Waals surface area contributed by atoms with Gasteiger partial charge in [-0.15, -0.1) is 0 Å². The second-order valence-electron chi connectivity index (χ2n) is 4.79. The Morgan fingerprint density at radius 2 is 1.89 bits per heavy atom. The number of aliphatic hydroxyl groups is 1. The summed E-state index contributed by atoms with van der Waals surface area (Å²) in [6.07, 6.45) is 3.27. The van der Waals surface area contributed by atoms with Gasteiger partial charge >= 0.3 is 0 Å². The van der Waals surface area contributed by atoms with Crippen LogP contribution in [0.1, 0.15) is 12.0 Å². The summed E-state index contributed by atoms with van der Waals surface area (Å²) in [4.78, 5) is 0. The number of hydrogen-bond acceptors (Lipinski definition) is 3. The molecule has 0 amide bonds. The van der Waals surface area contributed by atoms with E-state index in [1.165, 1.54) is 16.5 Å². The van der Waals surface area contributed by atoms with Crippen LogP contribution in [0.2, 0.25) is 0 Å². The van der Waals surface area contributed by atoms with Crippen LogP contribution in [-0.2, 0) is 13.6 Å².